The Morgan fingerprint density at radius 1 is 1.54 bits per heavy atom. The lowest BCUT2D eigenvalue weighted by Crippen LogP contribution is -1.91. The summed E-state index contributed by atoms with van der Waals surface area (Å²) in [6, 6.07) is 8.13. The number of benzene rings is 1. The number of nitrogens with zero attached hydrogens (tertiary/aromatic N) is 1. The molecule has 0 N–H and O–H groups in total. The second kappa shape index (κ2) is 4.47. The lowest BCUT2D eigenvalue weighted by atomic mass is 9.99. The molecule has 1 heteroatoms. The summed E-state index contributed by atoms with van der Waals surface area (Å²) < 4.78 is 0. The zero-order chi connectivity index (χ0) is 9.68. The van der Waals surface area contributed by atoms with E-state index in [4.69, 9.17) is 5.26 Å². The van der Waals surface area contributed by atoms with Crippen molar-refractivity contribution in [3.05, 3.63) is 41.5 Å². The van der Waals surface area contributed by atoms with E-state index >= 15 is 0 Å². The lowest BCUT2D eigenvalue weighted by Gasteiger charge is -2.04. The van der Waals surface area contributed by atoms with E-state index in [-0.39, 0.29) is 0 Å². The Bertz CT molecular complexity index is 345. The fourth-order valence-electron chi connectivity index (χ4n) is 1.40. The minimum absolute atomic E-state index is 0.777. The standard InChI is InChI=1S/C12H13N/c1-3-6-11-8-5-7-10(4-2)12(11)9-13/h4-5,7-8H,2-3,6H2,1H3. The predicted octanol–water partition coefficient (Wildman–Crippen LogP) is 3.15. The van der Waals surface area contributed by atoms with E-state index in [2.05, 4.69) is 19.6 Å². The molecule has 66 valence electrons. The van der Waals surface area contributed by atoms with Crippen LogP contribution in [0.1, 0.15) is 30.0 Å². The van der Waals surface area contributed by atoms with Gasteiger partial charge in [0.15, 0.2) is 0 Å². The van der Waals surface area contributed by atoms with Gasteiger partial charge >= 0.3 is 0 Å². The highest BCUT2D eigenvalue weighted by molar-refractivity contribution is 5.59. The molecule has 0 aliphatic carbocycles. The smallest absolute Gasteiger partial charge is 0.100 e. The van der Waals surface area contributed by atoms with Crippen LogP contribution in [0.2, 0.25) is 0 Å². The van der Waals surface area contributed by atoms with E-state index in [0.717, 1.165) is 29.5 Å². The number of hydrogen-bond acceptors (Lipinski definition) is 1. The van der Waals surface area contributed by atoms with E-state index in [0.29, 0.717) is 0 Å². The molecule has 0 radical (unpaired) electrons. The molecule has 1 rings (SSSR count). The van der Waals surface area contributed by atoms with Crippen LogP contribution in [0, 0.1) is 11.3 Å². The van der Waals surface area contributed by atoms with Crippen molar-refractivity contribution in [3.8, 4) is 6.07 Å². The summed E-state index contributed by atoms with van der Waals surface area (Å²) >= 11 is 0. The van der Waals surface area contributed by atoms with Gasteiger partial charge in [0.2, 0.25) is 0 Å². The molecule has 0 saturated carbocycles. The third kappa shape index (κ3) is 1.97. The van der Waals surface area contributed by atoms with Gasteiger partial charge in [-0.1, -0.05) is 44.2 Å². The zero-order valence-electron chi connectivity index (χ0n) is 7.88. The molecule has 0 aliphatic heterocycles. The summed E-state index contributed by atoms with van der Waals surface area (Å²) in [4.78, 5) is 0. The Balaban J connectivity index is 3.20. The van der Waals surface area contributed by atoms with Crippen molar-refractivity contribution >= 4 is 6.08 Å². The Labute approximate surface area is 79.3 Å². The first-order chi connectivity index (χ1) is 6.33. The third-order valence-corrected chi connectivity index (χ3v) is 2.03. The van der Waals surface area contributed by atoms with Gasteiger partial charge in [-0.15, -0.1) is 0 Å². The van der Waals surface area contributed by atoms with Crippen LogP contribution < -0.4 is 0 Å². The molecule has 13 heavy (non-hydrogen) atoms. The molecule has 0 aliphatic rings. The van der Waals surface area contributed by atoms with Crippen LogP contribution in [0.3, 0.4) is 0 Å². The van der Waals surface area contributed by atoms with Crippen molar-refractivity contribution < 1.29 is 0 Å². The summed E-state index contributed by atoms with van der Waals surface area (Å²) in [5, 5.41) is 8.96. The molecule has 0 aromatic heterocycles. The average molecular weight is 171 g/mol. The van der Waals surface area contributed by atoms with E-state index in [1.165, 1.54) is 0 Å². The summed E-state index contributed by atoms with van der Waals surface area (Å²) in [6.07, 6.45) is 3.76. The Morgan fingerprint density at radius 2 is 2.31 bits per heavy atom. The predicted molar refractivity (Wildman–Crippen MR) is 55.2 cm³/mol. The van der Waals surface area contributed by atoms with Crippen LogP contribution in [0.15, 0.2) is 24.8 Å². The van der Waals surface area contributed by atoms with Crippen LogP contribution in [0.4, 0.5) is 0 Å². The Hall–Kier alpha value is -1.55. The molecule has 0 atom stereocenters. The van der Waals surface area contributed by atoms with Crippen LogP contribution in [-0.4, -0.2) is 0 Å². The summed E-state index contributed by atoms with van der Waals surface area (Å²) in [5.74, 6) is 0. The van der Waals surface area contributed by atoms with Gasteiger partial charge in [-0.3, -0.25) is 0 Å². The van der Waals surface area contributed by atoms with E-state index < -0.39 is 0 Å². The SMILES string of the molecule is C=Cc1cccc(CCC)c1C#N. The van der Waals surface area contributed by atoms with E-state index in [9.17, 15) is 0 Å². The number of aryl methyl sites for hydroxylation is 1. The Kier molecular flexibility index (Phi) is 3.28. The molecule has 0 heterocycles. The van der Waals surface area contributed by atoms with Crippen LogP contribution in [0.5, 0.6) is 0 Å². The van der Waals surface area contributed by atoms with Crippen molar-refractivity contribution in [1.82, 2.24) is 0 Å². The van der Waals surface area contributed by atoms with Gasteiger partial charge in [-0.05, 0) is 17.5 Å². The quantitative estimate of drug-likeness (QED) is 0.685. The highest BCUT2D eigenvalue weighted by Crippen LogP contribution is 2.16. The average Bonchev–Trinajstić information content (AvgIpc) is 2.18. The number of hydrogen-bond donors (Lipinski definition) is 0. The van der Waals surface area contributed by atoms with Crippen molar-refractivity contribution in [1.29, 1.82) is 5.26 Å². The highest BCUT2D eigenvalue weighted by Gasteiger charge is 2.03. The largest absolute Gasteiger partial charge is 0.192 e. The Morgan fingerprint density at radius 3 is 2.85 bits per heavy atom. The number of nitriles is 1. The van der Waals surface area contributed by atoms with Crippen molar-refractivity contribution in [2.45, 2.75) is 19.8 Å². The molecule has 0 bridgehead atoms. The van der Waals surface area contributed by atoms with Crippen molar-refractivity contribution in [2.75, 3.05) is 0 Å². The summed E-state index contributed by atoms with van der Waals surface area (Å²) in [7, 11) is 0. The van der Waals surface area contributed by atoms with Gasteiger partial charge in [0.1, 0.15) is 6.07 Å². The summed E-state index contributed by atoms with van der Waals surface area (Å²) in [5.41, 5.74) is 2.84. The van der Waals surface area contributed by atoms with Crippen molar-refractivity contribution in [2.24, 2.45) is 0 Å². The van der Waals surface area contributed by atoms with Crippen LogP contribution in [0.25, 0.3) is 6.08 Å². The first-order valence-corrected chi connectivity index (χ1v) is 4.48. The topological polar surface area (TPSA) is 23.8 Å². The molecular formula is C12H13N. The monoisotopic (exact) mass is 171 g/mol. The van der Waals surface area contributed by atoms with Crippen LogP contribution in [-0.2, 0) is 6.42 Å². The maximum Gasteiger partial charge on any atom is 0.100 e. The second-order valence-electron chi connectivity index (χ2n) is 2.95. The molecular weight excluding hydrogens is 158 g/mol. The highest BCUT2D eigenvalue weighted by atomic mass is 14.2. The molecule has 1 aromatic rings. The normalized spacial score (nSPS) is 9.23. The van der Waals surface area contributed by atoms with Gasteiger partial charge in [-0.25, -0.2) is 0 Å². The van der Waals surface area contributed by atoms with Gasteiger partial charge in [0.25, 0.3) is 0 Å². The van der Waals surface area contributed by atoms with E-state index in [1.54, 1.807) is 6.08 Å². The molecule has 0 unspecified atom stereocenters. The van der Waals surface area contributed by atoms with Crippen LogP contribution >= 0.6 is 0 Å². The maximum atomic E-state index is 8.96. The third-order valence-electron chi connectivity index (χ3n) is 2.03. The molecule has 0 fully saturated rings. The second-order valence-corrected chi connectivity index (χ2v) is 2.95. The molecule has 1 aromatic carbocycles. The molecule has 0 saturated heterocycles. The van der Waals surface area contributed by atoms with Gasteiger partial charge in [0, 0.05) is 0 Å². The molecule has 0 amide bonds. The first kappa shape index (κ1) is 9.54. The fourth-order valence-corrected chi connectivity index (χ4v) is 1.40. The fraction of sp³-hybridized carbons (Fsp3) is 0.250. The molecule has 0 spiro atoms. The van der Waals surface area contributed by atoms with E-state index in [1.807, 2.05) is 18.2 Å². The maximum absolute atomic E-state index is 8.96. The lowest BCUT2D eigenvalue weighted by molar-refractivity contribution is 0.918. The van der Waals surface area contributed by atoms with Gasteiger partial charge < -0.3 is 0 Å². The zero-order valence-corrected chi connectivity index (χ0v) is 7.88. The summed E-state index contributed by atoms with van der Waals surface area (Å²) in [6.45, 7) is 5.80. The minimum atomic E-state index is 0.777. The van der Waals surface area contributed by atoms with Gasteiger partial charge in [0.05, 0.1) is 5.56 Å². The minimum Gasteiger partial charge on any atom is -0.192 e. The van der Waals surface area contributed by atoms with Crippen molar-refractivity contribution in [3.63, 3.8) is 0 Å². The molecule has 1 nitrogen and oxygen atoms in total. The van der Waals surface area contributed by atoms with Gasteiger partial charge in [-0.2, -0.15) is 5.26 Å². The first-order valence-electron chi connectivity index (χ1n) is 4.48. The number of rotatable bonds is 3.